The molecule has 1 heterocycles. The fraction of sp³-hybridized carbons (Fsp3) is 0.333. The van der Waals surface area contributed by atoms with E-state index in [0.29, 0.717) is 0 Å². The zero-order valence-corrected chi connectivity index (χ0v) is 11.7. The second-order valence-electron chi connectivity index (χ2n) is 4.60. The van der Waals surface area contributed by atoms with Gasteiger partial charge in [0.05, 0.1) is 0 Å². The monoisotopic (exact) mass is 256 g/mol. The zero-order chi connectivity index (χ0) is 13.7. The summed E-state index contributed by atoms with van der Waals surface area (Å²) in [5, 5.41) is 6.51. The third kappa shape index (κ3) is 3.68. The Morgan fingerprint density at radius 3 is 2.47 bits per heavy atom. The van der Waals surface area contributed by atoms with Gasteiger partial charge in [-0.1, -0.05) is 23.8 Å². The molecular formula is C15H20N4. The van der Waals surface area contributed by atoms with Gasteiger partial charge in [-0.25, -0.2) is 9.97 Å². The highest BCUT2D eigenvalue weighted by Crippen LogP contribution is 2.14. The third-order valence-corrected chi connectivity index (χ3v) is 2.99. The van der Waals surface area contributed by atoms with Gasteiger partial charge in [0.15, 0.2) is 0 Å². The van der Waals surface area contributed by atoms with Gasteiger partial charge in [0.2, 0.25) is 0 Å². The molecule has 0 aliphatic rings. The second-order valence-corrected chi connectivity index (χ2v) is 4.60. The molecule has 0 aliphatic carbocycles. The SMILES string of the molecule is CCNc1cc(NCc2cc(C)ccc2C)ncn1. The van der Waals surface area contributed by atoms with Crippen LogP contribution in [-0.2, 0) is 6.54 Å². The minimum absolute atomic E-state index is 0.774. The number of aromatic nitrogens is 2. The van der Waals surface area contributed by atoms with Gasteiger partial charge < -0.3 is 10.6 Å². The zero-order valence-electron chi connectivity index (χ0n) is 11.7. The Bertz CT molecular complexity index is 552. The Morgan fingerprint density at radius 1 is 1.00 bits per heavy atom. The number of hydrogen-bond donors (Lipinski definition) is 2. The Hall–Kier alpha value is -2.10. The lowest BCUT2D eigenvalue weighted by molar-refractivity contribution is 1.05. The summed E-state index contributed by atoms with van der Waals surface area (Å²) in [6.07, 6.45) is 1.57. The van der Waals surface area contributed by atoms with Gasteiger partial charge in [0.25, 0.3) is 0 Å². The van der Waals surface area contributed by atoms with E-state index < -0.39 is 0 Å². The fourth-order valence-corrected chi connectivity index (χ4v) is 1.91. The lowest BCUT2D eigenvalue weighted by Crippen LogP contribution is -2.05. The molecule has 2 aromatic rings. The Kier molecular flexibility index (Phi) is 4.34. The van der Waals surface area contributed by atoms with Crippen molar-refractivity contribution in [2.75, 3.05) is 17.2 Å². The fourth-order valence-electron chi connectivity index (χ4n) is 1.91. The molecule has 0 atom stereocenters. The highest BCUT2D eigenvalue weighted by Gasteiger charge is 2.01. The summed E-state index contributed by atoms with van der Waals surface area (Å²) in [6, 6.07) is 8.41. The maximum absolute atomic E-state index is 4.23. The molecule has 0 aliphatic heterocycles. The summed E-state index contributed by atoms with van der Waals surface area (Å²) < 4.78 is 0. The number of hydrogen-bond acceptors (Lipinski definition) is 4. The molecule has 1 aromatic carbocycles. The first-order valence-electron chi connectivity index (χ1n) is 6.55. The molecule has 0 fully saturated rings. The molecule has 0 saturated carbocycles. The van der Waals surface area contributed by atoms with Gasteiger partial charge in [-0.3, -0.25) is 0 Å². The quantitative estimate of drug-likeness (QED) is 0.863. The summed E-state index contributed by atoms with van der Waals surface area (Å²) in [4.78, 5) is 8.38. The minimum Gasteiger partial charge on any atom is -0.370 e. The van der Waals surface area contributed by atoms with Gasteiger partial charge in [0.1, 0.15) is 18.0 Å². The van der Waals surface area contributed by atoms with E-state index in [1.165, 1.54) is 16.7 Å². The smallest absolute Gasteiger partial charge is 0.131 e. The standard InChI is InChI=1S/C15H20N4/c1-4-16-14-8-15(19-10-18-14)17-9-13-7-11(2)5-6-12(13)3/h5-8,10H,4,9H2,1-3H3,(H2,16,17,18,19). The molecule has 2 rings (SSSR count). The van der Waals surface area contributed by atoms with Crippen LogP contribution in [0, 0.1) is 13.8 Å². The van der Waals surface area contributed by atoms with Crippen LogP contribution < -0.4 is 10.6 Å². The molecule has 0 amide bonds. The van der Waals surface area contributed by atoms with Crippen LogP contribution in [0.3, 0.4) is 0 Å². The van der Waals surface area contributed by atoms with Crippen LogP contribution in [0.1, 0.15) is 23.6 Å². The number of benzene rings is 1. The van der Waals surface area contributed by atoms with Crippen LogP contribution in [0.5, 0.6) is 0 Å². The van der Waals surface area contributed by atoms with Crippen molar-refractivity contribution in [3.63, 3.8) is 0 Å². The number of nitrogens with one attached hydrogen (secondary N) is 2. The molecule has 100 valence electrons. The largest absolute Gasteiger partial charge is 0.370 e. The number of rotatable bonds is 5. The van der Waals surface area contributed by atoms with E-state index in [1.807, 2.05) is 13.0 Å². The molecule has 0 radical (unpaired) electrons. The van der Waals surface area contributed by atoms with Crippen molar-refractivity contribution in [2.45, 2.75) is 27.3 Å². The van der Waals surface area contributed by atoms with Gasteiger partial charge >= 0.3 is 0 Å². The number of nitrogens with zero attached hydrogens (tertiary/aromatic N) is 2. The predicted octanol–water partition coefficient (Wildman–Crippen LogP) is 3.14. The lowest BCUT2D eigenvalue weighted by Gasteiger charge is -2.10. The molecule has 0 unspecified atom stereocenters. The average Bonchev–Trinajstić information content (AvgIpc) is 2.41. The topological polar surface area (TPSA) is 49.8 Å². The van der Waals surface area contributed by atoms with Gasteiger partial charge in [-0.15, -0.1) is 0 Å². The van der Waals surface area contributed by atoms with E-state index in [9.17, 15) is 0 Å². The van der Waals surface area contributed by atoms with Crippen molar-refractivity contribution in [3.8, 4) is 0 Å². The van der Waals surface area contributed by atoms with Crippen LogP contribution in [0.4, 0.5) is 11.6 Å². The first kappa shape index (κ1) is 13.3. The van der Waals surface area contributed by atoms with Gasteiger partial charge in [-0.05, 0) is 31.9 Å². The van der Waals surface area contributed by atoms with Gasteiger partial charge in [0, 0.05) is 19.2 Å². The molecule has 1 aromatic heterocycles. The molecule has 0 bridgehead atoms. The summed E-state index contributed by atoms with van der Waals surface area (Å²) in [6.45, 7) is 7.91. The molecule has 2 N–H and O–H groups in total. The number of aryl methyl sites for hydroxylation is 2. The van der Waals surface area contributed by atoms with Crippen molar-refractivity contribution in [2.24, 2.45) is 0 Å². The second kappa shape index (κ2) is 6.18. The predicted molar refractivity (Wildman–Crippen MR) is 79.4 cm³/mol. The first-order valence-corrected chi connectivity index (χ1v) is 6.55. The van der Waals surface area contributed by atoms with E-state index in [0.717, 1.165) is 24.7 Å². The molecule has 0 spiro atoms. The van der Waals surface area contributed by atoms with Crippen molar-refractivity contribution in [3.05, 3.63) is 47.3 Å². The van der Waals surface area contributed by atoms with E-state index in [-0.39, 0.29) is 0 Å². The van der Waals surface area contributed by atoms with Crippen molar-refractivity contribution < 1.29 is 0 Å². The van der Waals surface area contributed by atoms with E-state index in [4.69, 9.17) is 0 Å². The number of anilines is 2. The van der Waals surface area contributed by atoms with Crippen molar-refractivity contribution in [1.29, 1.82) is 0 Å². The maximum atomic E-state index is 4.23. The van der Waals surface area contributed by atoms with Crippen LogP contribution in [0.25, 0.3) is 0 Å². The van der Waals surface area contributed by atoms with Crippen LogP contribution >= 0.6 is 0 Å². The van der Waals surface area contributed by atoms with E-state index in [1.54, 1.807) is 6.33 Å². The normalized spacial score (nSPS) is 10.3. The molecular weight excluding hydrogens is 236 g/mol. The highest BCUT2D eigenvalue weighted by atomic mass is 15.1. The summed E-state index contributed by atoms with van der Waals surface area (Å²) in [5.41, 5.74) is 3.86. The van der Waals surface area contributed by atoms with Crippen molar-refractivity contribution >= 4 is 11.6 Å². The van der Waals surface area contributed by atoms with E-state index >= 15 is 0 Å². The van der Waals surface area contributed by atoms with E-state index in [2.05, 4.69) is 52.6 Å². The Balaban J connectivity index is 2.05. The maximum Gasteiger partial charge on any atom is 0.131 e. The molecule has 4 nitrogen and oxygen atoms in total. The van der Waals surface area contributed by atoms with Crippen molar-refractivity contribution in [1.82, 2.24) is 9.97 Å². The Labute approximate surface area is 114 Å². The average molecular weight is 256 g/mol. The first-order chi connectivity index (χ1) is 9.19. The lowest BCUT2D eigenvalue weighted by atomic mass is 10.1. The van der Waals surface area contributed by atoms with Gasteiger partial charge in [-0.2, -0.15) is 0 Å². The Morgan fingerprint density at radius 2 is 1.74 bits per heavy atom. The molecule has 0 saturated heterocycles. The molecule has 19 heavy (non-hydrogen) atoms. The van der Waals surface area contributed by atoms with Crippen LogP contribution in [0.15, 0.2) is 30.6 Å². The highest BCUT2D eigenvalue weighted by molar-refractivity contribution is 5.47. The minimum atomic E-state index is 0.774. The van der Waals surface area contributed by atoms with Crippen LogP contribution in [-0.4, -0.2) is 16.5 Å². The summed E-state index contributed by atoms with van der Waals surface area (Å²) in [7, 11) is 0. The third-order valence-electron chi connectivity index (χ3n) is 2.99. The summed E-state index contributed by atoms with van der Waals surface area (Å²) in [5.74, 6) is 1.69. The summed E-state index contributed by atoms with van der Waals surface area (Å²) >= 11 is 0. The molecule has 4 heteroatoms. The van der Waals surface area contributed by atoms with Crippen LogP contribution in [0.2, 0.25) is 0 Å².